The first-order valence-electron chi connectivity index (χ1n) is 8.86. The van der Waals surface area contributed by atoms with E-state index in [2.05, 4.69) is 15.3 Å². The number of nitrogens with one attached hydrogen (secondary N) is 1. The van der Waals surface area contributed by atoms with E-state index in [1.807, 2.05) is 31.2 Å². The molecule has 9 heteroatoms. The fourth-order valence-corrected chi connectivity index (χ4v) is 2.91. The van der Waals surface area contributed by atoms with Gasteiger partial charge < -0.3 is 18.9 Å². The Morgan fingerprint density at radius 3 is 2.31 bits per heavy atom. The minimum absolute atomic E-state index is 0.365. The van der Waals surface area contributed by atoms with Crippen LogP contribution in [0.15, 0.2) is 41.5 Å². The molecule has 0 aliphatic heterocycles. The van der Waals surface area contributed by atoms with Crippen LogP contribution in [0.3, 0.4) is 0 Å². The Morgan fingerprint density at radius 1 is 1.03 bits per heavy atom. The second-order valence-corrected chi connectivity index (χ2v) is 6.20. The lowest BCUT2D eigenvalue weighted by molar-refractivity contribution is 0.340. The molecule has 29 heavy (non-hydrogen) atoms. The van der Waals surface area contributed by atoms with Gasteiger partial charge >= 0.3 is 0 Å². The van der Waals surface area contributed by atoms with Crippen LogP contribution in [0.5, 0.6) is 23.0 Å². The molecule has 0 bridgehead atoms. The largest absolute Gasteiger partial charge is 0.496 e. The quantitative estimate of drug-likeness (QED) is 0.444. The molecule has 0 unspecified atom stereocenters. The van der Waals surface area contributed by atoms with E-state index in [0.29, 0.717) is 40.0 Å². The van der Waals surface area contributed by atoms with Gasteiger partial charge in [-0.25, -0.2) is 5.10 Å². The van der Waals surface area contributed by atoms with Gasteiger partial charge in [0.05, 0.1) is 34.2 Å². The Labute approximate surface area is 173 Å². The van der Waals surface area contributed by atoms with Gasteiger partial charge in [0.15, 0.2) is 17.3 Å². The molecule has 8 nitrogen and oxygen atoms in total. The van der Waals surface area contributed by atoms with Crippen molar-refractivity contribution in [3.8, 4) is 34.4 Å². The van der Waals surface area contributed by atoms with Crippen molar-refractivity contribution in [2.45, 2.75) is 6.92 Å². The number of ether oxygens (including phenoxy) is 4. The van der Waals surface area contributed by atoms with Gasteiger partial charge in [0.2, 0.25) is 4.77 Å². The van der Waals surface area contributed by atoms with Gasteiger partial charge in [-0.2, -0.15) is 14.9 Å². The molecular weight excluding hydrogens is 392 g/mol. The van der Waals surface area contributed by atoms with Crippen LogP contribution in [0.4, 0.5) is 0 Å². The summed E-state index contributed by atoms with van der Waals surface area (Å²) in [6, 6.07) is 11.1. The molecule has 0 atom stereocenters. The number of nitrogens with zero attached hydrogens (tertiary/aromatic N) is 3. The maximum Gasteiger partial charge on any atom is 0.216 e. The van der Waals surface area contributed by atoms with Gasteiger partial charge in [-0.1, -0.05) is 0 Å². The van der Waals surface area contributed by atoms with Crippen molar-refractivity contribution in [1.82, 2.24) is 14.9 Å². The summed E-state index contributed by atoms with van der Waals surface area (Å²) in [4.78, 5) is 0. The Balaban J connectivity index is 1.98. The minimum Gasteiger partial charge on any atom is -0.496 e. The van der Waals surface area contributed by atoms with Crippen LogP contribution in [-0.2, 0) is 0 Å². The monoisotopic (exact) mass is 414 g/mol. The van der Waals surface area contributed by atoms with E-state index < -0.39 is 0 Å². The van der Waals surface area contributed by atoms with E-state index >= 15 is 0 Å². The Bertz CT molecular complexity index is 1060. The summed E-state index contributed by atoms with van der Waals surface area (Å²) in [5, 5.41) is 11.6. The van der Waals surface area contributed by atoms with Crippen LogP contribution in [0.2, 0.25) is 0 Å². The SMILES string of the molecule is CCOc1ccc(-c2n[nH]c(=S)n2/N=C\c2cc(OC)c(OC)cc2OC)cc1. The van der Waals surface area contributed by atoms with Crippen LogP contribution >= 0.6 is 12.2 Å². The lowest BCUT2D eigenvalue weighted by Gasteiger charge is -2.11. The van der Waals surface area contributed by atoms with E-state index in [4.69, 9.17) is 31.2 Å². The van der Waals surface area contributed by atoms with Crippen LogP contribution in [0.1, 0.15) is 12.5 Å². The zero-order valence-corrected chi connectivity index (χ0v) is 17.4. The van der Waals surface area contributed by atoms with E-state index in [1.54, 1.807) is 44.4 Å². The molecule has 0 spiro atoms. The summed E-state index contributed by atoms with van der Waals surface area (Å²) in [5.41, 5.74) is 1.54. The summed E-state index contributed by atoms with van der Waals surface area (Å²) >= 11 is 5.34. The first-order chi connectivity index (χ1) is 14.1. The molecule has 0 amide bonds. The Hall–Kier alpha value is -3.33. The fraction of sp³-hybridized carbons (Fsp3) is 0.250. The average molecular weight is 414 g/mol. The third-order valence-electron chi connectivity index (χ3n) is 4.12. The first-order valence-corrected chi connectivity index (χ1v) is 9.27. The number of benzene rings is 2. The summed E-state index contributed by atoms with van der Waals surface area (Å²) < 4.78 is 23.5. The third-order valence-corrected chi connectivity index (χ3v) is 4.39. The van der Waals surface area contributed by atoms with Crippen molar-refractivity contribution in [3.63, 3.8) is 0 Å². The minimum atomic E-state index is 0.365. The first kappa shape index (κ1) is 20.4. The molecule has 3 rings (SSSR count). The smallest absolute Gasteiger partial charge is 0.216 e. The van der Waals surface area contributed by atoms with Crippen molar-refractivity contribution in [2.75, 3.05) is 27.9 Å². The highest BCUT2D eigenvalue weighted by Crippen LogP contribution is 2.33. The topological polar surface area (TPSA) is 82.9 Å². The second-order valence-electron chi connectivity index (χ2n) is 5.82. The van der Waals surface area contributed by atoms with E-state index in [0.717, 1.165) is 11.3 Å². The fourth-order valence-electron chi connectivity index (χ4n) is 2.73. The lowest BCUT2D eigenvalue weighted by atomic mass is 10.2. The highest BCUT2D eigenvalue weighted by atomic mass is 32.1. The second kappa shape index (κ2) is 9.24. The predicted octanol–water partition coefficient (Wildman–Crippen LogP) is 3.91. The maximum absolute atomic E-state index is 5.48. The van der Waals surface area contributed by atoms with Gasteiger partial charge in [0, 0.05) is 17.2 Å². The molecular formula is C20H22N4O4S. The highest BCUT2D eigenvalue weighted by molar-refractivity contribution is 7.71. The molecule has 1 heterocycles. The summed E-state index contributed by atoms with van der Waals surface area (Å²) in [7, 11) is 4.72. The molecule has 2 aromatic carbocycles. The normalized spacial score (nSPS) is 10.9. The third kappa shape index (κ3) is 4.40. The van der Waals surface area contributed by atoms with E-state index in [9.17, 15) is 0 Å². The van der Waals surface area contributed by atoms with Crippen LogP contribution in [-0.4, -0.2) is 49.0 Å². The lowest BCUT2D eigenvalue weighted by Crippen LogP contribution is -1.99. The summed E-state index contributed by atoms with van der Waals surface area (Å²) in [5.74, 6) is 3.09. The van der Waals surface area contributed by atoms with Crippen molar-refractivity contribution < 1.29 is 18.9 Å². The van der Waals surface area contributed by atoms with Crippen molar-refractivity contribution >= 4 is 18.4 Å². The molecule has 3 aromatic rings. The number of hydrogen-bond donors (Lipinski definition) is 1. The van der Waals surface area contributed by atoms with Gasteiger partial charge in [-0.3, -0.25) is 0 Å². The number of methoxy groups -OCH3 is 3. The molecule has 152 valence electrons. The molecule has 0 saturated heterocycles. The number of hydrogen-bond acceptors (Lipinski definition) is 7. The van der Waals surface area contributed by atoms with Gasteiger partial charge in [0.1, 0.15) is 11.5 Å². The highest BCUT2D eigenvalue weighted by Gasteiger charge is 2.12. The Morgan fingerprint density at radius 2 is 1.69 bits per heavy atom. The molecule has 0 radical (unpaired) electrons. The molecule has 0 aliphatic carbocycles. The number of rotatable bonds is 8. The average Bonchev–Trinajstić information content (AvgIpc) is 3.12. The molecule has 0 fully saturated rings. The zero-order chi connectivity index (χ0) is 20.8. The van der Waals surface area contributed by atoms with Crippen LogP contribution in [0.25, 0.3) is 11.4 Å². The van der Waals surface area contributed by atoms with E-state index in [-0.39, 0.29) is 0 Å². The zero-order valence-electron chi connectivity index (χ0n) is 16.6. The number of H-pyrrole nitrogens is 1. The standard InChI is InChI=1S/C20H22N4O4S/c1-5-28-15-8-6-13(7-9-15)19-22-23-20(29)24(19)21-12-14-10-17(26-3)18(27-4)11-16(14)25-2/h6-12H,5H2,1-4H3,(H,23,29)/b21-12-. The predicted molar refractivity (Wildman–Crippen MR) is 113 cm³/mol. The molecule has 1 aromatic heterocycles. The molecule has 1 N–H and O–H groups in total. The van der Waals surface area contributed by atoms with Crippen molar-refractivity contribution in [1.29, 1.82) is 0 Å². The van der Waals surface area contributed by atoms with Crippen molar-refractivity contribution in [2.24, 2.45) is 5.10 Å². The van der Waals surface area contributed by atoms with Gasteiger partial charge in [-0.05, 0) is 49.5 Å². The van der Waals surface area contributed by atoms with Crippen LogP contribution in [0, 0.1) is 4.77 Å². The number of aromatic amines is 1. The number of aromatic nitrogens is 3. The van der Waals surface area contributed by atoms with E-state index in [1.165, 1.54) is 0 Å². The van der Waals surface area contributed by atoms with Gasteiger partial charge in [0.25, 0.3) is 0 Å². The van der Waals surface area contributed by atoms with Gasteiger partial charge in [-0.15, -0.1) is 0 Å². The molecule has 0 aliphatic rings. The summed E-state index contributed by atoms with van der Waals surface area (Å²) in [6.07, 6.45) is 1.63. The molecule has 0 saturated carbocycles. The van der Waals surface area contributed by atoms with Crippen LogP contribution < -0.4 is 18.9 Å². The van der Waals surface area contributed by atoms with Crippen molar-refractivity contribution in [3.05, 3.63) is 46.7 Å². The Kier molecular flexibility index (Phi) is 6.50. The summed E-state index contributed by atoms with van der Waals surface area (Å²) in [6.45, 7) is 2.55. The maximum atomic E-state index is 5.48.